The summed E-state index contributed by atoms with van der Waals surface area (Å²) in [4.78, 5) is 30.8. The number of amides is 2. The first-order valence-electron chi connectivity index (χ1n) is 20.0. The minimum absolute atomic E-state index is 0.0451. The fourth-order valence-corrected chi connectivity index (χ4v) is 6.38. The van der Waals surface area contributed by atoms with Crippen LogP contribution in [0.5, 0.6) is 0 Å². The number of piperazine rings is 2. The molecule has 0 unspecified atom stereocenters. The first kappa shape index (κ1) is 47.2. The summed E-state index contributed by atoms with van der Waals surface area (Å²) in [6.07, 6.45) is -0.807. The van der Waals surface area contributed by atoms with Crippen LogP contribution in [0.15, 0.2) is 84.9 Å². The lowest BCUT2D eigenvalue weighted by molar-refractivity contribution is 0.0230. The lowest BCUT2D eigenvalue weighted by Crippen LogP contribution is -2.50. The average Bonchev–Trinajstić information content (AvgIpc) is 3.23. The zero-order valence-electron chi connectivity index (χ0n) is 35.7. The minimum atomic E-state index is -0.751. The van der Waals surface area contributed by atoms with Gasteiger partial charge in [-0.25, -0.2) is 22.8 Å². The average molecular weight is 841 g/mol. The number of rotatable bonds is 6. The second-order valence-corrected chi connectivity index (χ2v) is 16.2. The van der Waals surface area contributed by atoms with E-state index >= 15 is 0 Å². The van der Waals surface area contributed by atoms with Gasteiger partial charge in [-0.1, -0.05) is 60.7 Å². The third-order valence-corrected chi connectivity index (χ3v) is 9.33. The smallest absolute Gasteiger partial charge is 0.410 e. The molecule has 0 saturated carbocycles. The van der Waals surface area contributed by atoms with Crippen molar-refractivity contribution in [3.05, 3.63) is 125 Å². The Balaban J connectivity index is 0.000000232. The van der Waals surface area contributed by atoms with E-state index in [-0.39, 0.29) is 28.6 Å². The molecule has 2 heterocycles. The molecule has 2 fully saturated rings. The molecule has 0 radical (unpaired) electrons. The lowest BCUT2D eigenvalue weighted by atomic mass is 10.1. The highest BCUT2D eigenvalue weighted by Gasteiger charge is 2.30. The van der Waals surface area contributed by atoms with Gasteiger partial charge >= 0.3 is 12.2 Å². The number of nitrogens with zero attached hydrogens (tertiary/aromatic N) is 6. The highest BCUT2D eigenvalue weighted by molar-refractivity contribution is 5.74. The molecule has 0 spiro atoms. The van der Waals surface area contributed by atoms with Gasteiger partial charge in [0.15, 0.2) is 0 Å². The Hall–Kier alpha value is -6.45. The van der Waals surface area contributed by atoms with Crippen molar-refractivity contribution in [3.63, 3.8) is 0 Å². The molecule has 15 heteroatoms. The summed E-state index contributed by atoms with van der Waals surface area (Å²) >= 11 is 0. The summed E-state index contributed by atoms with van der Waals surface area (Å²) < 4.78 is 53.1. The van der Waals surface area contributed by atoms with E-state index in [4.69, 9.17) is 20.5 Å². The van der Waals surface area contributed by atoms with Gasteiger partial charge in [-0.3, -0.25) is 0 Å². The van der Waals surface area contributed by atoms with Crippen molar-refractivity contribution < 1.29 is 32.2 Å². The largest absolute Gasteiger partial charge is 0.444 e. The summed E-state index contributed by atoms with van der Waals surface area (Å²) in [5, 5.41) is 22.0. The number of hydrogen-bond donors (Lipinski definition) is 2. The first-order valence-corrected chi connectivity index (χ1v) is 20.0. The van der Waals surface area contributed by atoms with E-state index in [1.54, 1.807) is 42.7 Å². The number of benzene rings is 4. The van der Waals surface area contributed by atoms with E-state index in [1.807, 2.05) is 86.3 Å². The van der Waals surface area contributed by atoms with E-state index in [1.165, 1.54) is 16.5 Å². The number of halogens is 3. The van der Waals surface area contributed by atoms with Gasteiger partial charge in [0.05, 0.1) is 17.1 Å². The van der Waals surface area contributed by atoms with Crippen molar-refractivity contribution >= 4 is 29.2 Å². The molecular weight excluding hydrogens is 786 g/mol. The molecule has 0 aromatic heterocycles. The summed E-state index contributed by atoms with van der Waals surface area (Å²) in [6.45, 7) is 14.9. The maximum Gasteiger partial charge on any atom is 0.410 e. The fourth-order valence-electron chi connectivity index (χ4n) is 6.38. The molecule has 4 aromatic carbocycles. The number of nitrogens with two attached hydrogens (primary N) is 1. The zero-order valence-corrected chi connectivity index (χ0v) is 35.7. The lowest BCUT2D eigenvalue weighted by Gasteiger charge is -2.37. The molecule has 2 aliphatic heterocycles. The Labute approximate surface area is 356 Å². The molecule has 0 bridgehead atoms. The summed E-state index contributed by atoms with van der Waals surface area (Å²) in [5.41, 5.74) is 7.24. The van der Waals surface area contributed by atoms with Crippen molar-refractivity contribution in [3.8, 4) is 12.1 Å². The van der Waals surface area contributed by atoms with E-state index in [9.17, 15) is 28.0 Å². The number of carbonyl (C=O) groups excluding carboxylic acids is 2. The second kappa shape index (κ2) is 21.7. The number of nitriles is 2. The van der Waals surface area contributed by atoms with Gasteiger partial charge in [0.1, 0.15) is 51.9 Å². The standard InChI is InChI=1S/C23H27FN4O2.C16H19F2N3O2.C7H9N/c1-23(2,3)30-22(29)28-13-11-27(12-14-28)21-18(15-25)20(10-9-19(21)24)26-16-17-7-5-4-6-8-17;1-16(2,3)23-15(22)21-8-6-20(7-9-21)14-11(10-19)12(17)4-5-13(14)18;8-6-7-4-2-1-3-5-7/h4-10,26H,11-14,16H2,1-3H3;4-5H,6-9H2,1-3H3;1-5H,6,8H2. The fraction of sp³-hybridized carbons (Fsp3) is 0.391. The molecule has 6 rings (SSSR count). The third-order valence-electron chi connectivity index (χ3n) is 9.33. The summed E-state index contributed by atoms with van der Waals surface area (Å²) in [6, 6.07) is 28.6. The highest BCUT2D eigenvalue weighted by atomic mass is 19.1. The number of ether oxygens (including phenoxy) is 2. The van der Waals surface area contributed by atoms with E-state index in [2.05, 4.69) is 11.4 Å². The van der Waals surface area contributed by atoms with Crippen LogP contribution < -0.4 is 20.9 Å². The molecule has 0 aliphatic carbocycles. The normalized spacial score (nSPS) is 14.0. The number of carbonyl (C=O) groups is 2. The molecule has 2 saturated heterocycles. The van der Waals surface area contributed by atoms with Crippen molar-refractivity contribution in [1.29, 1.82) is 10.5 Å². The Kier molecular flexibility index (Phi) is 16.8. The van der Waals surface area contributed by atoms with Gasteiger partial charge in [-0.15, -0.1) is 0 Å². The van der Waals surface area contributed by atoms with Crippen LogP contribution in [0.4, 0.5) is 39.8 Å². The minimum Gasteiger partial charge on any atom is -0.444 e. The predicted molar refractivity (Wildman–Crippen MR) is 230 cm³/mol. The zero-order chi connectivity index (χ0) is 44.7. The first-order chi connectivity index (χ1) is 28.9. The number of anilines is 3. The maximum absolute atomic E-state index is 14.7. The van der Waals surface area contributed by atoms with Crippen LogP contribution >= 0.6 is 0 Å². The Morgan fingerprint density at radius 3 is 1.39 bits per heavy atom. The quantitative estimate of drug-likeness (QED) is 0.194. The number of nitrogens with one attached hydrogen (secondary N) is 1. The van der Waals surface area contributed by atoms with Crippen LogP contribution in [0, 0.1) is 40.1 Å². The maximum atomic E-state index is 14.7. The topological polar surface area (TPSA) is 151 Å². The van der Waals surface area contributed by atoms with Gasteiger partial charge in [0, 0.05) is 65.4 Å². The molecule has 3 N–H and O–H groups in total. The Morgan fingerprint density at radius 2 is 1.00 bits per heavy atom. The van der Waals surface area contributed by atoms with Gasteiger partial charge in [-0.2, -0.15) is 10.5 Å². The summed E-state index contributed by atoms with van der Waals surface area (Å²) in [5.74, 6) is -1.84. The van der Waals surface area contributed by atoms with Gasteiger partial charge in [0.2, 0.25) is 0 Å². The van der Waals surface area contributed by atoms with Crippen molar-refractivity contribution in [1.82, 2.24) is 9.80 Å². The van der Waals surface area contributed by atoms with Crippen LogP contribution in [0.25, 0.3) is 0 Å². The predicted octanol–water partition coefficient (Wildman–Crippen LogP) is 8.41. The van der Waals surface area contributed by atoms with Crippen LogP contribution in [-0.4, -0.2) is 85.5 Å². The van der Waals surface area contributed by atoms with Crippen LogP contribution in [0.3, 0.4) is 0 Å². The molecule has 2 aliphatic rings. The number of hydrogen-bond acceptors (Lipinski definition) is 10. The SMILES string of the molecule is CC(C)(C)OC(=O)N1CCN(c2c(F)ccc(F)c2C#N)CC1.CC(C)(C)OC(=O)N1CCN(c2c(F)ccc(NCc3ccccc3)c2C#N)CC1.NCc1ccccc1. The Morgan fingerprint density at radius 1 is 0.607 bits per heavy atom. The van der Waals surface area contributed by atoms with Crippen LogP contribution in [0.1, 0.15) is 63.8 Å². The molecule has 4 aromatic rings. The monoisotopic (exact) mass is 840 g/mol. The summed E-state index contributed by atoms with van der Waals surface area (Å²) in [7, 11) is 0. The van der Waals surface area contributed by atoms with E-state index in [0.717, 1.165) is 17.7 Å². The van der Waals surface area contributed by atoms with Crippen molar-refractivity contribution in [2.24, 2.45) is 5.73 Å². The molecule has 61 heavy (non-hydrogen) atoms. The van der Waals surface area contributed by atoms with E-state index < -0.39 is 34.7 Å². The van der Waals surface area contributed by atoms with Crippen molar-refractivity contribution in [2.75, 3.05) is 67.5 Å². The molecule has 2 amide bonds. The van der Waals surface area contributed by atoms with E-state index in [0.29, 0.717) is 71.1 Å². The molecule has 0 atom stereocenters. The van der Waals surface area contributed by atoms with Crippen molar-refractivity contribution in [2.45, 2.75) is 65.8 Å². The van der Waals surface area contributed by atoms with Crippen LogP contribution in [-0.2, 0) is 22.6 Å². The molecule has 12 nitrogen and oxygen atoms in total. The molecule has 324 valence electrons. The Bertz CT molecular complexity index is 2150. The van der Waals surface area contributed by atoms with Crippen LogP contribution in [0.2, 0.25) is 0 Å². The third kappa shape index (κ3) is 14.1. The highest BCUT2D eigenvalue weighted by Crippen LogP contribution is 2.32. The van der Waals surface area contributed by atoms with Gasteiger partial charge in [0.25, 0.3) is 0 Å². The molecular formula is C46H55F3N8O4. The van der Waals surface area contributed by atoms with Gasteiger partial charge < -0.3 is 40.1 Å². The second-order valence-electron chi connectivity index (χ2n) is 16.2. The van der Waals surface area contributed by atoms with Gasteiger partial charge in [-0.05, 0) is 76.9 Å².